The molecule has 0 saturated heterocycles. The second kappa shape index (κ2) is 8.43. The van der Waals surface area contributed by atoms with Gasteiger partial charge in [-0.15, -0.1) is 11.3 Å². The Kier molecular flexibility index (Phi) is 6.29. The number of aliphatic carboxylic acids is 1. The average molecular weight is 332 g/mol. The van der Waals surface area contributed by atoms with E-state index in [2.05, 4.69) is 10.3 Å². The van der Waals surface area contributed by atoms with Gasteiger partial charge in [0, 0.05) is 29.6 Å². The summed E-state index contributed by atoms with van der Waals surface area (Å²) in [6.45, 7) is 1.96. The number of aromatic nitrogens is 1. The SMILES string of the molecule is Cc1csc(CCCC(=O)Nc2cccc(CCC(=O)O)c2)n1. The van der Waals surface area contributed by atoms with Crippen LogP contribution >= 0.6 is 11.3 Å². The fourth-order valence-corrected chi connectivity index (χ4v) is 3.02. The first kappa shape index (κ1) is 17.1. The molecule has 23 heavy (non-hydrogen) atoms. The third-order valence-corrected chi connectivity index (χ3v) is 4.33. The molecule has 0 atom stereocenters. The van der Waals surface area contributed by atoms with Crippen LogP contribution in [0.15, 0.2) is 29.6 Å². The molecule has 0 aliphatic rings. The molecule has 0 unspecified atom stereocenters. The van der Waals surface area contributed by atoms with Crippen molar-refractivity contribution >= 4 is 28.9 Å². The van der Waals surface area contributed by atoms with E-state index in [1.165, 1.54) is 0 Å². The molecular formula is C17H20N2O3S. The zero-order chi connectivity index (χ0) is 16.7. The maximum absolute atomic E-state index is 12.0. The molecule has 0 spiro atoms. The number of nitrogens with zero attached hydrogens (tertiary/aromatic N) is 1. The first-order valence-corrected chi connectivity index (χ1v) is 8.42. The standard InChI is InChI=1S/C17H20N2O3S/c1-12-11-23-16(18-12)7-3-6-15(20)19-14-5-2-4-13(10-14)8-9-17(21)22/h2,4-5,10-11H,3,6-9H2,1H3,(H,19,20)(H,21,22). The number of nitrogens with one attached hydrogen (secondary N) is 1. The maximum Gasteiger partial charge on any atom is 0.303 e. The predicted molar refractivity (Wildman–Crippen MR) is 90.8 cm³/mol. The van der Waals surface area contributed by atoms with Gasteiger partial charge in [0.15, 0.2) is 0 Å². The Balaban J connectivity index is 1.78. The summed E-state index contributed by atoms with van der Waals surface area (Å²) in [5.41, 5.74) is 2.64. The molecule has 0 fully saturated rings. The van der Waals surface area contributed by atoms with Crippen LogP contribution in [-0.2, 0) is 22.4 Å². The van der Waals surface area contributed by atoms with Gasteiger partial charge in [-0.2, -0.15) is 0 Å². The van der Waals surface area contributed by atoms with E-state index in [9.17, 15) is 9.59 Å². The highest BCUT2D eigenvalue weighted by molar-refractivity contribution is 7.09. The van der Waals surface area contributed by atoms with Gasteiger partial charge in [-0.25, -0.2) is 4.98 Å². The monoisotopic (exact) mass is 332 g/mol. The number of aryl methyl sites for hydroxylation is 3. The van der Waals surface area contributed by atoms with Crippen LogP contribution in [0.1, 0.15) is 35.5 Å². The van der Waals surface area contributed by atoms with Crippen molar-refractivity contribution in [2.75, 3.05) is 5.32 Å². The van der Waals surface area contributed by atoms with E-state index >= 15 is 0 Å². The number of carbonyl (C=O) groups is 2. The van der Waals surface area contributed by atoms with Crippen molar-refractivity contribution in [1.29, 1.82) is 0 Å². The number of anilines is 1. The Morgan fingerprint density at radius 1 is 1.26 bits per heavy atom. The van der Waals surface area contributed by atoms with E-state index < -0.39 is 5.97 Å². The summed E-state index contributed by atoms with van der Waals surface area (Å²) in [6, 6.07) is 7.33. The lowest BCUT2D eigenvalue weighted by Crippen LogP contribution is -2.11. The molecule has 5 nitrogen and oxygen atoms in total. The average Bonchev–Trinajstić information content (AvgIpc) is 2.91. The fourth-order valence-electron chi connectivity index (χ4n) is 2.20. The zero-order valence-electron chi connectivity index (χ0n) is 13.0. The van der Waals surface area contributed by atoms with Gasteiger partial charge in [0.25, 0.3) is 0 Å². The molecule has 0 aliphatic heterocycles. The van der Waals surface area contributed by atoms with Gasteiger partial charge in [-0.1, -0.05) is 12.1 Å². The van der Waals surface area contributed by atoms with Gasteiger partial charge in [-0.3, -0.25) is 9.59 Å². The maximum atomic E-state index is 12.0. The number of amides is 1. The quantitative estimate of drug-likeness (QED) is 0.776. The first-order chi connectivity index (χ1) is 11.0. The number of hydrogen-bond donors (Lipinski definition) is 2. The Hall–Kier alpha value is -2.21. The summed E-state index contributed by atoms with van der Waals surface area (Å²) in [7, 11) is 0. The third-order valence-electron chi connectivity index (χ3n) is 3.30. The summed E-state index contributed by atoms with van der Waals surface area (Å²) in [5, 5.41) is 14.6. The number of hydrogen-bond acceptors (Lipinski definition) is 4. The molecule has 2 aromatic rings. The molecule has 0 bridgehead atoms. The highest BCUT2D eigenvalue weighted by atomic mass is 32.1. The van der Waals surface area contributed by atoms with E-state index in [0.717, 1.165) is 29.1 Å². The van der Waals surface area contributed by atoms with E-state index in [1.54, 1.807) is 11.3 Å². The molecule has 1 heterocycles. The van der Waals surface area contributed by atoms with Crippen molar-refractivity contribution < 1.29 is 14.7 Å². The minimum absolute atomic E-state index is 0.0336. The van der Waals surface area contributed by atoms with Gasteiger partial charge in [0.1, 0.15) is 0 Å². The van der Waals surface area contributed by atoms with Gasteiger partial charge in [0.2, 0.25) is 5.91 Å². The van der Waals surface area contributed by atoms with Gasteiger partial charge < -0.3 is 10.4 Å². The van der Waals surface area contributed by atoms with Crippen molar-refractivity contribution in [3.63, 3.8) is 0 Å². The first-order valence-electron chi connectivity index (χ1n) is 7.54. The van der Waals surface area contributed by atoms with E-state index in [1.807, 2.05) is 36.6 Å². The highest BCUT2D eigenvalue weighted by Crippen LogP contribution is 2.14. The van der Waals surface area contributed by atoms with Crippen LogP contribution in [-0.4, -0.2) is 22.0 Å². The zero-order valence-corrected chi connectivity index (χ0v) is 13.9. The molecule has 2 N–H and O–H groups in total. The second-order valence-corrected chi connectivity index (χ2v) is 6.32. The third kappa shape index (κ3) is 6.20. The Morgan fingerprint density at radius 3 is 2.78 bits per heavy atom. The summed E-state index contributed by atoms with van der Waals surface area (Å²) >= 11 is 1.62. The van der Waals surface area contributed by atoms with E-state index in [4.69, 9.17) is 5.11 Å². The Labute approximate surface area is 139 Å². The van der Waals surface area contributed by atoms with Crippen molar-refractivity contribution in [3.8, 4) is 0 Å². The normalized spacial score (nSPS) is 10.5. The van der Waals surface area contributed by atoms with Crippen molar-refractivity contribution in [2.24, 2.45) is 0 Å². The number of rotatable bonds is 8. The fraction of sp³-hybridized carbons (Fsp3) is 0.353. The molecule has 0 radical (unpaired) electrons. The molecule has 1 aromatic carbocycles. The second-order valence-electron chi connectivity index (χ2n) is 5.38. The summed E-state index contributed by atoms with van der Waals surface area (Å²) in [4.78, 5) is 26.9. The van der Waals surface area contributed by atoms with E-state index in [0.29, 0.717) is 18.5 Å². The van der Waals surface area contributed by atoms with Crippen LogP contribution in [0.3, 0.4) is 0 Å². The minimum atomic E-state index is -0.822. The number of carbonyl (C=O) groups excluding carboxylic acids is 1. The van der Waals surface area contributed by atoms with Gasteiger partial charge in [0.05, 0.1) is 5.01 Å². The molecule has 0 saturated carbocycles. The van der Waals surface area contributed by atoms with Crippen molar-refractivity contribution in [2.45, 2.75) is 39.0 Å². The molecular weight excluding hydrogens is 312 g/mol. The molecule has 6 heteroatoms. The van der Waals surface area contributed by atoms with Crippen LogP contribution in [0.2, 0.25) is 0 Å². The lowest BCUT2D eigenvalue weighted by Gasteiger charge is -2.07. The Morgan fingerprint density at radius 2 is 2.09 bits per heavy atom. The lowest BCUT2D eigenvalue weighted by molar-refractivity contribution is -0.137. The topological polar surface area (TPSA) is 79.3 Å². The highest BCUT2D eigenvalue weighted by Gasteiger charge is 2.06. The number of carboxylic acid groups (broad SMARTS) is 1. The lowest BCUT2D eigenvalue weighted by atomic mass is 10.1. The number of thiazole rings is 1. The summed E-state index contributed by atoms with van der Waals surface area (Å²) in [6.07, 6.45) is 2.56. The predicted octanol–water partition coefficient (Wildman–Crippen LogP) is 3.43. The molecule has 2 rings (SSSR count). The number of benzene rings is 1. The molecule has 122 valence electrons. The van der Waals surface area contributed by atoms with Crippen LogP contribution < -0.4 is 5.32 Å². The van der Waals surface area contributed by atoms with Crippen molar-refractivity contribution in [1.82, 2.24) is 4.98 Å². The van der Waals surface area contributed by atoms with Crippen LogP contribution in [0.25, 0.3) is 0 Å². The van der Waals surface area contributed by atoms with Crippen LogP contribution in [0, 0.1) is 6.92 Å². The molecule has 1 amide bonds. The van der Waals surface area contributed by atoms with Crippen LogP contribution in [0.5, 0.6) is 0 Å². The van der Waals surface area contributed by atoms with E-state index in [-0.39, 0.29) is 12.3 Å². The van der Waals surface area contributed by atoms with Crippen molar-refractivity contribution in [3.05, 3.63) is 45.9 Å². The largest absolute Gasteiger partial charge is 0.481 e. The smallest absolute Gasteiger partial charge is 0.303 e. The number of carboxylic acids is 1. The molecule has 1 aromatic heterocycles. The Bertz CT molecular complexity index is 682. The van der Waals surface area contributed by atoms with Gasteiger partial charge >= 0.3 is 5.97 Å². The minimum Gasteiger partial charge on any atom is -0.481 e. The summed E-state index contributed by atoms with van der Waals surface area (Å²) < 4.78 is 0. The van der Waals surface area contributed by atoms with Gasteiger partial charge in [-0.05, 0) is 43.9 Å². The van der Waals surface area contributed by atoms with Crippen LogP contribution in [0.4, 0.5) is 5.69 Å². The molecule has 0 aliphatic carbocycles. The summed E-state index contributed by atoms with van der Waals surface area (Å²) in [5.74, 6) is -0.856.